The molecule has 6 heteroatoms. The highest BCUT2D eigenvalue weighted by molar-refractivity contribution is 5.57. The van der Waals surface area contributed by atoms with Crippen LogP contribution in [0.4, 0.5) is 5.82 Å². The van der Waals surface area contributed by atoms with Crippen molar-refractivity contribution in [2.24, 2.45) is 7.05 Å². The predicted octanol–water partition coefficient (Wildman–Crippen LogP) is 2.05. The van der Waals surface area contributed by atoms with Gasteiger partial charge < -0.3 is 5.32 Å². The lowest BCUT2D eigenvalue weighted by Gasteiger charge is -2.09. The molecule has 0 aliphatic carbocycles. The first-order chi connectivity index (χ1) is 9.24. The molecule has 6 nitrogen and oxygen atoms in total. The van der Waals surface area contributed by atoms with Crippen molar-refractivity contribution < 1.29 is 0 Å². The van der Waals surface area contributed by atoms with Crippen LogP contribution in [0.25, 0.3) is 11.4 Å². The van der Waals surface area contributed by atoms with Crippen LogP contribution in [-0.4, -0.2) is 31.5 Å². The van der Waals surface area contributed by atoms with Crippen LogP contribution in [0.3, 0.4) is 0 Å². The number of aryl methyl sites for hydroxylation is 2. The van der Waals surface area contributed by atoms with E-state index in [1.54, 1.807) is 10.9 Å². The van der Waals surface area contributed by atoms with Gasteiger partial charge in [0.05, 0.1) is 11.9 Å². The van der Waals surface area contributed by atoms with E-state index in [4.69, 9.17) is 0 Å². The fraction of sp³-hybridized carbons (Fsp3) is 0.538. The van der Waals surface area contributed by atoms with Gasteiger partial charge in [-0.1, -0.05) is 19.1 Å². The molecule has 2 heterocycles. The third kappa shape index (κ3) is 3.27. The molecule has 0 aliphatic rings. The normalized spacial score (nSPS) is 10.7. The molecule has 0 fully saturated rings. The second-order valence-corrected chi connectivity index (χ2v) is 4.47. The summed E-state index contributed by atoms with van der Waals surface area (Å²) in [6.45, 7) is 5.17. The van der Waals surface area contributed by atoms with E-state index in [1.807, 2.05) is 13.1 Å². The number of anilines is 1. The molecule has 0 bridgehead atoms. The second kappa shape index (κ2) is 6.26. The highest BCUT2D eigenvalue weighted by Gasteiger charge is 2.09. The van der Waals surface area contributed by atoms with E-state index in [2.05, 4.69) is 39.4 Å². The Hall–Kier alpha value is -1.98. The minimum absolute atomic E-state index is 0.861. The van der Waals surface area contributed by atoms with Gasteiger partial charge in [-0.2, -0.15) is 0 Å². The van der Waals surface area contributed by atoms with Gasteiger partial charge in [0.15, 0.2) is 0 Å². The topological polar surface area (TPSA) is 68.5 Å². The lowest BCUT2D eigenvalue weighted by Crippen LogP contribution is -2.07. The summed E-state index contributed by atoms with van der Waals surface area (Å²) in [6, 6.07) is 1.95. The standard InChI is InChI=1S/C13H20N6/c1-4-6-12-16-10(11-9-15-18-19(11)3)8-13(17-12)14-7-5-2/h8-9H,4-7H2,1-3H3,(H,14,16,17). The van der Waals surface area contributed by atoms with Crippen LogP contribution in [0.15, 0.2) is 12.3 Å². The molecule has 0 aromatic carbocycles. The molecule has 2 aromatic heterocycles. The first-order valence-electron chi connectivity index (χ1n) is 6.71. The Morgan fingerprint density at radius 2 is 2.05 bits per heavy atom. The van der Waals surface area contributed by atoms with E-state index in [9.17, 15) is 0 Å². The van der Waals surface area contributed by atoms with E-state index >= 15 is 0 Å². The molecule has 0 atom stereocenters. The van der Waals surface area contributed by atoms with Gasteiger partial charge in [0.2, 0.25) is 0 Å². The van der Waals surface area contributed by atoms with Crippen molar-refractivity contribution in [2.45, 2.75) is 33.1 Å². The van der Waals surface area contributed by atoms with Crippen molar-refractivity contribution in [1.82, 2.24) is 25.0 Å². The number of rotatable bonds is 6. The average molecular weight is 260 g/mol. The lowest BCUT2D eigenvalue weighted by molar-refractivity contribution is 0.718. The van der Waals surface area contributed by atoms with Crippen molar-refractivity contribution in [3.05, 3.63) is 18.1 Å². The summed E-state index contributed by atoms with van der Waals surface area (Å²) in [7, 11) is 1.86. The van der Waals surface area contributed by atoms with E-state index in [0.29, 0.717) is 0 Å². The smallest absolute Gasteiger partial charge is 0.131 e. The molecule has 0 amide bonds. The number of hydrogen-bond donors (Lipinski definition) is 1. The van der Waals surface area contributed by atoms with Crippen LogP contribution >= 0.6 is 0 Å². The van der Waals surface area contributed by atoms with Gasteiger partial charge in [0, 0.05) is 26.1 Å². The fourth-order valence-electron chi connectivity index (χ4n) is 1.83. The fourth-order valence-corrected chi connectivity index (χ4v) is 1.83. The van der Waals surface area contributed by atoms with Crippen molar-refractivity contribution in [2.75, 3.05) is 11.9 Å². The van der Waals surface area contributed by atoms with Crippen molar-refractivity contribution in [3.8, 4) is 11.4 Å². The molecular formula is C13H20N6. The number of aromatic nitrogens is 5. The van der Waals surface area contributed by atoms with Gasteiger partial charge >= 0.3 is 0 Å². The zero-order chi connectivity index (χ0) is 13.7. The molecule has 0 spiro atoms. The van der Waals surface area contributed by atoms with Crippen LogP contribution in [0, 0.1) is 0 Å². The first-order valence-corrected chi connectivity index (χ1v) is 6.71. The van der Waals surface area contributed by atoms with Crippen LogP contribution in [-0.2, 0) is 13.5 Å². The Bertz CT molecular complexity index is 534. The third-order valence-electron chi connectivity index (χ3n) is 2.78. The summed E-state index contributed by atoms with van der Waals surface area (Å²) in [5.74, 6) is 1.73. The molecule has 102 valence electrons. The van der Waals surface area contributed by atoms with Gasteiger partial charge in [-0.25, -0.2) is 14.6 Å². The van der Waals surface area contributed by atoms with Gasteiger partial charge in [-0.3, -0.25) is 0 Å². The summed E-state index contributed by atoms with van der Waals surface area (Å²) < 4.78 is 1.72. The predicted molar refractivity (Wildman–Crippen MR) is 74.8 cm³/mol. The molecule has 0 unspecified atom stereocenters. The Labute approximate surface area is 113 Å². The quantitative estimate of drug-likeness (QED) is 0.860. The largest absolute Gasteiger partial charge is 0.370 e. The first kappa shape index (κ1) is 13.5. The van der Waals surface area contributed by atoms with Crippen molar-refractivity contribution in [1.29, 1.82) is 0 Å². The Morgan fingerprint density at radius 1 is 1.21 bits per heavy atom. The van der Waals surface area contributed by atoms with Gasteiger partial charge in [-0.15, -0.1) is 5.10 Å². The van der Waals surface area contributed by atoms with Crippen molar-refractivity contribution >= 4 is 5.82 Å². The molecule has 0 aliphatic heterocycles. The summed E-state index contributed by atoms with van der Waals surface area (Å²) in [4.78, 5) is 9.11. The van der Waals surface area contributed by atoms with Crippen LogP contribution in [0.1, 0.15) is 32.5 Å². The number of nitrogens with one attached hydrogen (secondary N) is 1. The van der Waals surface area contributed by atoms with Crippen LogP contribution < -0.4 is 5.32 Å². The zero-order valence-electron chi connectivity index (χ0n) is 11.7. The second-order valence-electron chi connectivity index (χ2n) is 4.47. The Kier molecular flexibility index (Phi) is 4.43. The van der Waals surface area contributed by atoms with Gasteiger partial charge in [0.25, 0.3) is 0 Å². The summed E-state index contributed by atoms with van der Waals surface area (Å²) >= 11 is 0. The zero-order valence-corrected chi connectivity index (χ0v) is 11.7. The lowest BCUT2D eigenvalue weighted by atomic mass is 10.2. The Balaban J connectivity index is 2.36. The van der Waals surface area contributed by atoms with Gasteiger partial charge in [0.1, 0.15) is 17.3 Å². The van der Waals surface area contributed by atoms with E-state index in [1.165, 1.54) is 0 Å². The third-order valence-corrected chi connectivity index (χ3v) is 2.78. The summed E-state index contributed by atoms with van der Waals surface area (Å²) in [5.41, 5.74) is 1.77. The minimum atomic E-state index is 0.861. The van der Waals surface area contributed by atoms with E-state index in [-0.39, 0.29) is 0 Å². The maximum atomic E-state index is 4.58. The maximum Gasteiger partial charge on any atom is 0.131 e. The molecule has 0 radical (unpaired) electrons. The van der Waals surface area contributed by atoms with E-state index in [0.717, 1.165) is 48.8 Å². The maximum absolute atomic E-state index is 4.58. The molecular weight excluding hydrogens is 240 g/mol. The van der Waals surface area contributed by atoms with Crippen LogP contribution in [0.5, 0.6) is 0 Å². The van der Waals surface area contributed by atoms with Gasteiger partial charge in [-0.05, 0) is 12.8 Å². The monoisotopic (exact) mass is 260 g/mol. The minimum Gasteiger partial charge on any atom is -0.370 e. The Morgan fingerprint density at radius 3 is 2.68 bits per heavy atom. The molecule has 1 N–H and O–H groups in total. The summed E-state index contributed by atoms with van der Waals surface area (Å²) in [5, 5.41) is 11.2. The van der Waals surface area contributed by atoms with E-state index < -0.39 is 0 Å². The number of hydrogen-bond acceptors (Lipinski definition) is 5. The molecule has 2 aromatic rings. The van der Waals surface area contributed by atoms with Crippen molar-refractivity contribution in [3.63, 3.8) is 0 Å². The molecule has 19 heavy (non-hydrogen) atoms. The number of nitrogens with zero attached hydrogens (tertiary/aromatic N) is 5. The van der Waals surface area contributed by atoms with Crippen LogP contribution in [0.2, 0.25) is 0 Å². The highest BCUT2D eigenvalue weighted by atomic mass is 15.4. The molecule has 0 saturated carbocycles. The molecule has 0 saturated heterocycles. The highest BCUT2D eigenvalue weighted by Crippen LogP contribution is 2.18. The molecule has 2 rings (SSSR count). The SMILES string of the molecule is CCCNc1cc(-c2cnnn2C)nc(CCC)n1. The summed E-state index contributed by atoms with van der Waals surface area (Å²) in [6.07, 6.45) is 4.69. The average Bonchev–Trinajstić information content (AvgIpc) is 2.83.